The third-order valence-electron chi connectivity index (χ3n) is 6.24. The molecular formula is C24H25F2N3O7S. The highest BCUT2D eigenvalue weighted by Crippen LogP contribution is 2.28. The van der Waals surface area contributed by atoms with Crippen molar-refractivity contribution >= 4 is 27.8 Å². The van der Waals surface area contributed by atoms with Crippen LogP contribution >= 0.6 is 0 Å². The topological polar surface area (TPSA) is 133 Å². The molecule has 3 unspecified atom stereocenters. The van der Waals surface area contributed by atoms with Gasteiger partial charge in [0.25, 0.3) is 11.8 Å². The number of halogens is 2. The number of nitrogens with one attached hydrogen (secondary N) is 1. The average molecular weight is 538 g/mol. The number of carbonyl (C=O) groups is 3. The highest BCUT2D eigenvalue weighted by Gasteiger charge is 2.48. The van der Waals surface area contributed by atoms with Gasteiger partial charge in [-0.05, 0) is 54.8 Å². The molecule has 10 nitrogen and oxygen atoms in total. The molecule has 3 atom stereocenters. The second-order valence-electron chi connectivity index (χ2n) is 8.69. The van der Waals surface area contributed by atoms with Gasteiger partial charge in [0.05, 0.1) is 17.4 Å². The van der Waals surface area contributed by atoms with Crippen LogP contribution in [0, 0.1) is 11.6 Å². The van der Waals surface area contributed by atoms with Gasteiger partial charge in [-0.2, -0.15) is 4.31 Å². The number of amides is 2. The second-order valence-corrected chi connectivity index (χ2v) is 10.6. The third-order valence-corrected chi connectivity index (χ3v) is 8.11. The summed E-state index contributed by atoms with van der Waals surface area (Å²) in [6.07, 6.45) is -2.02. The lowest BCUT2D eigenvalue weighted by atomic mass is 10.0. The van der Waals surface area contributed by atoms with Crippen molar-refractivity contribution in [2.75, 3.05) is 19.7 Å². The van der Waals surface area contributed by atoms with E-state index in [9.17, 15) is 36.7 Å². The van der Waals surface area contributed by atoms with Gasteiger partial charge in [-0.25, -0.2) is 17.2 Å². The summed E-state index contributed by atoms with van der Waals surface area (Å²) in [4.78, 5) is 39.1. The molecule has 2 aliphatic heterocycles. The maximum atomic E-state index is 13.6. The Hall–Kier alpha value is -3.42. The van der Waals surface area contributed by atoms with Crippen LogP contribution in [-0.4, -0.2) is 72.5 Å². The lowest BCUT2D eigenvalue weighted by Gasteiger charge is -2.31. The molecule has 2 fully saturated rings. The van der Waals surface area contributed by atoms with Crippen molar-refractivity contribution in [1.29, 1.82) is 0 Å². The molecule has 4 rings (SSSR count). The quantitative estimate of drug-likeness (QED) is 0.523. The SMILES string of the molecule is O=C(O)CC(NC(=O)C1N(C(=O)C2CCCO2)CCN1S(=O)(=O)c1ccc(F)cc1)c1ccc(F)cc1. The standard InChI is InChI=1S/C24H25F2N3O7S/c25-16-5-3-15(4-6-16)19(14-21(30)31)27-22(32)23-28(24(33)20-2-1-13-36-20)11-12-29(23)37(34,35)18-9-7-17(26)8-10-18/h3-10,19-20,23H,1-2,11-14H2,(H,27,32)(H,30,31). The first-order valence-electron chi connectivity index (χ1n) is 11.5. The number of hydrogen-bond donors (Lipinski definition) is 2. The van der Waals surface area contributed by atoms with E-state index in [1.54, 1.807) is 0 Å². The van der Waals surface area contributed by atoms with E-state index in [4.69, 9.17) is 4.74 Å². The van der Waals surface area contributed by atoms with Crippen molar-refractivity contribution in [3.63, 3.8) is 0 Å². The average Bonchev–Trinajstić information content (AvgIpc) is 3.55. The fourth-order valence-corrected chi connectivity index (χ4v) is 5.97. The van der Waals surface area contributed by atoms with Gasteiger partial charge in [-0.15, -0.1) is 0 Å². The minimum atomic E-state index is -4.36. The van der Waals surface area contributed by atoms with E-state index in [-0.39, 0.29) is 23.5 Å². The zero-order chi connectivity index (χ0) is 26.7. The van der Waals surface area contributed by atoms with Crippen molar-refractivity contribution in [2.45, 2.75) is 42.5 Å². The number of aliphatic carboxylic acids is 1. The van der Waals surface area contributed by atoms with Gasteiger partial charge in [0.2, 0.25) is 10.0 Å². The minimum Gasteiger partial charge on any atom is -0.481 e. The van der Waals surface area contributed by atoms with Gasteiger partial charge in [0.15, 0.2) is 6.17 Å². The smallest absolute Gasteiger partial charge is 0.305 e. The molecular weight excluding hydrogens is 512 g/mol. The molecule has 2 aromatic rings. The Morgan fingerprint density at radius 1 is 1.03 bits per heavy atom. The minimum absolute atomic E-state index is 0.114. The van der Waals surface area contributed by atoms with Crippen molar-refractivity contribution in [3.05, 3.63) is 65.7 Å². The number of carbonyl (C=O) groups excluding carboxylic acids is 2. The Kier molecular flexibility index (Phi) is 7.85. The molecule has 2 saturated heterocycles. The number of hydrogen-bond acceptors (Lipinski definition) is 6. The zero-order valence-electron chi connectivity index (χ0n) is 19.5. The van der Waals surface area contributed by atoms with Crippen LogP contribution in [0.1, 0.15) is 30.9 Å². The molecule has 198 valence electrons. The number of nitrogens with zero attached hydrogens (tertiary/aromatic N) is 2. The number of carboxylic acid groups (broad SMARTS) is 1. The van der Waals surface area contributed by atoms with E-state index in [2.05, 4.69) is 5.32 Å². The number of carboxylic acids is 1. The van der Waals surface area contributed by atoms with Gasteiger partial charge in [-0.1, -0.05) is 12.1 Å². The van der Waals surface area contributed by atoms with Gasteiger partial charge >= 0.3 is 5.97 Å². The summed E-state index contributed by atoms with van der Waals surface area (Å²) in [5, 5.41) is 11.9. The monoisotopic (exact) mass is 537 g/mol. The van der Waals surface area contributed by atoms with Crippen molar-refractivity contribution in [2.24, 2.45) is 0 Å². The summed E-state index contributed by atoms with van der Waals surface area (Å²) in [5.41, 5.74) is 0.278. The van der Waals surface area contributed by atoms with E-state index in [1.165, 1.54) is 12.1 Å². The first kappa shape index (κ1) is 26.6. The number of rotatable bonds is 8. The molecule has 0 bridgehead atoms. The molecule has 2 aromatic carbocycles. The first-order chi connectivity index (χ1) is 17.6. The Balaban J connectivity index is 1.68. The molecule has 13 heteroatoms. The summed E-state index contributed by atoms with van der Waals surface area (Å²) in [6.45, 7) is 0.0116. The maximum absolute atomic E-state index is 13.6. The summed E-state index contributed by atoms with van der Waals surface area (Å²) in [6, 6.07) is 7.71. The summed E-state index contributed by atoms with van der Waals surface area (Å²) in [5.74, 6) is -3.98. The number of sulfonamides is 1. The summed E-state index contributed by atoms with van der Waals surface area (Å²) < 4.78 is 60.0. The molecule has 2 amide bonds. The van der Waals surface area contributed by atoms with E-state index in [0.717, 1.165) is 45.6 Å². The fourth-order valence-electron chi connectivity index (χ4n) is 4.43. The van der Waals surface area contributed by atoms with Crippen LogP contribution in [0.25, 0.3) is 0 Å². The molecule has 0 radical (unpaired) electrons. The molecule has 37 heavy (non-hydrogen) atoms. The molecule has 2 N–H and O–H groups in total. The molecule has 2 aliphatic rings. The van der Waals surface area contributed by atoms with E-state index < -0.39 is 64.2 Å². The predicted octanol–water partition coefficient (Wildman–Crippen LogP) is 1.64. The first-order valence-corrected chi connectivity index (χ1v) is 13.0. The van der Waals surface area contributed by atoms with Gasteiger partial charge < -0.3 is 20.1 Å². The molecule has 0 saturated carbocycles. The molecule has 0 aliphatic carbocycles. The summed E-state index contributed by atoms with van der Waals surface area (Å²) in [7, 11) is -4.36. The van der Waals surface area contributed by atoms with E-state index in [1.807, 2.05) is 0 Å². The van der Waals surface area contributed by atoms with Crippen LogP contribution in [0.5, 0.6) is 0 Å². The molecule has 2 heterocycles. The number of ether oxygens (including phenoxy) is 1. The fraction of sp³-hybridized carbons (Fsp3) is 0.375. The van der Waals surface area contributed by atoms with E-state index in [0.29, 0.717) is 19.4 Å². The Morgan fingerprint density at radius 3 is 2.22 bits per heavy atom. The van der Waals surface area contributed by atoms with Crippen molar-refractivity contribution in [1.82, 2.24) is 14.5 Å². The van der Waals surface area contributed by atoms with Crippen LogP contribution < -0.4 is 5.32 Å². The van der Waals surface area contributed by atoms with Crippen molar-refractivity contribution in [3.8, 4) is 0 Å². The van der Waals surface area contributed by atoms with E-state index >= 15 is 0 Å². The number of benzene rings is 2. The van der Waals surface area contributed by atoms with Crippen LogP contribution in [0.2, 0.25) is 0 Å². The van der Waals surface area contributed by atoms with Gasteiger partial charge in [0.1, 0.15) is 17.7 Å². The van der Waals surface area contributed by atoms with Gasteiger partial charge in [-0.3, -0.25) is 14.4 Å². The van der Waals surface area contributed by atoms with Crippen LogP contribution in [0.15, 0.2) is 53.4 Å². The van der Waals surface area contributed by atoms with Crippen molar-refractivity contribution < 1.29 is 41.4 Å². The van der Waals surface area contributed by atoms with Crippen LogP contribution in [-0.2, 0) is 29.1 Å². The Morgan fingerprint density at radius 2 is 1.65 bits per heavy atom. The maximum Gasteiger partial charge on any atom is 0.305 e. The largest absolute Gasteiger partial charge is 0.481 e. The highest BCUT2D eigenvalue weighted by molar-refractivity contribution is 7.89. The molecule has 0 spiro atoms. The predicted molar refractivity (Wildman–Crippen MR) is 124 cm³/mol. The lowest BCUT2D eigenvalue weighted by molar-refractivity contribution is -0.148. The molecule has 0 aromatic heterocycles. The normalized spacial score (nSPS) is 21.1. The second kappa shape index (κ2) is 10.9. The Labute approximate surface area is 211 Å². The van der Waals surface area contributed by atoms with Gasteiger partial charge in [0, 0.05) is 19.7 Å². The summed E-state index contributed by atoms with van der Waals surface area (Å²) >= 11 is 0. The Bertz CT molecular complexity index is 1270. The van der Waals surface area contributed by atoms with Crippen LogP contribution in [0.4, 0.5) is 8.78 Å². The highest BCUT2D eigenvalue weighted by atomic mass is 32.2. The lowest BCUT2D eigenvalue weighted by Crippen LogP contribution is -2.55. The third kappa shape index (κ3) is 5.78. The zero-order valence-corrected chi connectivity index (χ0v) is 20.4. The van der Waals surface area contributed by atoms with Crippen LogP contribution in [0.3, 0.4) is 0 Å².